The highest BCUT2D eigenvalue weighted by Crippen LogP contribution is 2.56. The first kappa shape index (κ1) is 32.4. The highest BCUT2D eigenvalue weighted by Gasteiger charge is 2.73. The number of nitrogens with zero attached hydrogens (tertiary/aromatic N) is 3. The van der Waals surface area contributed by atoms with E-state index in [2.05, 4.69) is 10.2 Å². The summed E-state index contributed by atoms with van der Waals surface area (Å²) in [5, 5.41) is 12.7. The number of ether oxygens (including phenoxy) is 3. The van der Waals surface area contributed by atoms with Gasteiger partial charge in [0.15, 0.2) is 0 Å². The average Bonchev–Trinajstić information content (AvgIpc) is 3.71. The zero-order chi connectivity index (χ0) is 32.3. The summed E-state index contributed by atoms with van der Waals surface area (Å²) >= 11 is 0. The van der Waals surface area contributed by atoms with Crippen LogP contribution in [0.3, 0.4) is 0 Å². The zero-order valence-corrected chi connectivity index (χ0v) is 26.3. The molecule has 12 heteroatoms. The van der Waals surface area contributed by atoms with E-state index in [9.17, 15) is 24.3 Å². The van der Waals surface area contributed by atoms with Crippen LogP contribution in [0.5, 0.6) is 0 Å². The predicted molar refractivity (Wildman–Crippen MR) is 166 cm³/mol. The number of cyclic esters (lactones) is 1. The number of hydrogen-bond donors (Lipinski definition) is 2. The van der Waals surface area contributed by atoms with E-state index >= 15 is 0 Å². The normalized spacial score (nSPS) is 34.5. The summed E-state index contributed by atoms with van der Waals surface area (Å²) < 4.78 is 18.2. The molecule has 7 atom stereocenters. The van der Waals surface area contributed by atoms with Crippen LogP contribution in [0.4, 0.5) is 0 Å². The molecule has 3 amide bonds. The Bertz CT molecular complexity index is 1350. The fourth-order valence-corrected chi connectivity index (χ4v) is 7.49. The molecule has 1 spiro atoms. The van der Waals surface area contributed by atoms with Crippen LogP contribution in [0, 0.1) is 11.8 Å². The summed E-state index contributed by atoms with van der Waals surface area (Å²) in [7, 11) is 0. The van der Waals surface area contributed by atoms with Crippen molar-refractivity contribution in [2.24, 2.45) is 11.8 Å². The number of hydrogen-bond acceptors (Lipinski definition) is 9. The molecule has 1 aromatic carbocycles. The topological polar surface area (TPSA) is 138 Å². The number of carbonyl (C=O) groups is 4. The Kier molecular flexibility index (Phi) is 9.88. The zero-order valence-electron chi connectivity index (χ0n) is 26.3. The van der Waals surface area contributed by atoms with Crippen molar-refractivity contribution >= 4 is 23.7 Å². The Hall–Kier alpha value is -3.58. The first-order valence-electron chi connectivity index (χ1n) is 16.4. The molecular weight excluding hydrogens is 592 g/mol. The largest absolute Gasteiger partial charge is 0.455 e. The number of amides is 3. The van der Waals surface area contributed by atoms with Gasteiger partial charge in [-0.2, -0.15) is 0 Å². The molecule has 2 N–H and O–H groups in total. The lowest BCUT2D eigenvalue weighted by Crippen LogP contribution is -2.57. The molecule has 0 saturated carbocycles. The number of likely N-dealkylation sites (tertiary alicyclic amines) is 1. The lowest BCUT2D eigenvalue weighted by Gasteiger charge is -2.37. The van der Waals surface area contributed by atoms with Gasteiger partial charge in [-0.1, -0.05) is 54.6 Å². The monoisotopic (exact) mass is 636 g/mol. The van der Waals surface area contributed by atoms with Crippen LogP contribution in [0.2, 0.25) is 0 Å². The highest BCUT2D eigenvalue weighted by atomic mass is 16.6. The van der Waals surface area contributed by atoms with Crippen LogP contribution in [-0.2, 0) is 33.4 Å². The van der Waals surface area contributed by atoms with Gasteiger partial charge in [0.1, 0.15) is 23.7 Å². The Morgan fingerprint density at radius 2 is 1.78 bits per heavy atom. The molecule has 5 aliphatic rings. The molecule has 46 heavy (non-hydrogen) atoms. The molecule has 6 rings (SSSR count). The molecule has 3 saturated heterocycles. The van der Waals surface area contributed by atoms with Crippen LogP contribution < -0.4 is 5.32 Å². The molecule has 5 heterocycles. The van der Waals surface area contributed by atoms with Gasteiger partial charge < -0.3 is 34.4 Å². The van der Waals surface area contributed by atoms with Gasteiger partial charge in [0.25, 0.3) is 0 Å². The van der Waals surface area contributed by atoms with Gasteiger partial charge in [-0.05, 0) is 25.3 Å². The van der Waals surface area contributed by atoms with E-state index in [1.807, 2.05) is 42.5 Å². The van der Waals surface area contributed by atoms with Crippen molar-refractivity contribution in [3.63, 3.8) is 0 Å². The summed E-state index contributed by atoms with van der Waals surface area (Å²) in [5.74, 6) is -3.37. The van der Waals surface area contributed by atoms with Gasteiger partial charge in [-0.15, -0.1) is 0 Å². The number of aliphatic hydroxyl groups excluding tert-OH is 1. The molecule has 0 radical (unpaired) electrons. The molecule has 3 fully saturated rings. The third-order valence-corrected chi connectivity index (χ3v) is 9.78. The fourth-order valence-electron chi connectivity index (χ4n) is 7.49. The van der Waals surface area contributed by atoms with E-state index in [1.54, 1.807) is 24.0 Å². The van der Waals surface area contributed by atoms with Gasteiger partial charge >= 0.3 is 5.97 Å². The molecule has 248 valence electrons. The van der Waals surface area contributed by atoms with Crippen molar-refractivity contribution in [2.45, 2.75) is 56.1 Å². The molecule has 12 nitrogen and oxygen atoms in total. The number of benzene rings is 1. The van der Waals surface area contributed by atoms with Crippen molar-refractivity contribution in [1.82, 2.24) is 20.0 Å². The van der Waals surface area contributed by atoms with E-state index in [0.717, 1.165) is 13.1 Å². The first-order valence-corrected chi connectivity index (χ1v) is 16.4. The van der Waals surface area contributed by atoms with E-state index in [0.29, 0.717) is 38.3 Å². The van der Waals surface area contributed by atoms with Crippen molar-refractivity contribution in [1.29, 1.82) is 0 Å². The Morgan fingerprint density at radius 1 is 1.00 bits per heavy atom. The molecule has 1 aromatic rings. The summed E-state index contributed by atoms with van der Waals surface area (Å²) in [4.78, 5) is 61.4. The SMILES string of the molecule is C[C@H]1NC(=O)CC/C=C\CN(CCN2CCOCC2)C(=O)[C@@H]2N(CCCO)C(=O)[C@H]3[C@H](C(=O)O[C@@H]1c1ccccc1)[C@@H]1C=C[C@]23O1. The summed E-state index contributed by atoms with van der Waals surface area (Å²) in [6.07, 6.45) is 6.76. The standard InChI is InChI=1S/C34H44N4O8/c1-23-29(24-9-4-2-5-10-24)45-33(43)27-25-12-13-34(46-25)28(27)31(41)38(15-8-20-39)30(34)32(42)37(14-7-3-6-11-26(40)35-23)17-16-36-18-21-44-22-19-36/h2-5,7,9-10,12-13,23,25,27-30,39H,6,8,11,14-22H2,1H3,(H,35,40)/b7-3-/t23-,25+,27-,28-,29+,30+,34-/m1/s1. The lowest BCUT2D eigenvalue weighted by molar-refractivity contribution is -0.161. The lowest BCUT2D eigenvalue weighted by atomic mass is 9.74. The van der Waals surface area contributed by atoms with Gasteiger partial charge in [-0.25, -0.2) is 0 Å². The molecular formula is C34H44N4O8. The summed E-state index contributed by atoms with van der Waals surface area (Å²) in [5.41, 5.74) is -0.628. The number of morpholine rings is 1. The van der Waals surface area contributed by atoms with E-state index in [-0.39, 0.29) is 50.3 Å². The van der Waals surface area contributed by atoms with Crippen LogP contribution in [0.1, 0.15) is 37.9 Å². The number of carbonyl (C=O) groups excluding carboxylic acids is 4. The summed E-state index contributed by atoms with van der Waals surface area (Å²) in [6.45, 7) is 5.92. The second-order valence-corrected chi connectivity index (χ2v) is 12.7. The molecule has 0 aromatic heterocycles. The van der Waals surface area contributed by atoms with Crippen molar-refractivity contribution < 1.29 is 38.5 Å². The average molecular weight is 637 g/mol. The van der Waals surface area contributed by atoms with Gasteiger partial charge in [-0.3, -0.25) is 24.1 Å². The number of esters is 1. The Balaban J connectivity index is 1.36. The minimum absolute atomic E-state index is 0.149. The van der Waals surface area contributed by atoms with Crippen molar-refractivity contribution in [3.8, 4) is 0 Å². The molecule has 0 aliphatic carbocycles. The smallest absolute Gasteiger partial charge is 0.313 e. The molecule has 0 unspecified atom stereocenters. The number of nitrogens with one attached hydrogen (secondary N) is 1. The first-order chi connectivity index (χ1) is 22.3. The van der Waals surface area contributed by atoms with E-state index in [4.69, 9.17) is 14.2 Å². The van der Waals surface area contributed by atoms with Gasteiger partial charge in [0.05, 0.1) is 31.3 Å². The molecule has 5 bridgehead atoms. The van der Waals surface area contributed by atoms with Crippen molar-refractivity contribution in [3.05, 3.63) is 60.2 Å². The van der Waals surface area contributed by atoms with Crippen LogP contribution >= 0.6 is 0 Å². The van der Waals surface area contributed by atoms with Gasteiger partial charge in [0, 0.05) is 52.3 Å². The number of fused-ring (bicyclic) bond motifs is 2. The quantitative estimate of drug-likeness (QED) is 0.329. The van der Waals surface area contributed by atoms with E-state index < -0.39 is 47.7 Å². The Morgan fingerprint density at radius 3 is 2.54 bits per heavy atom. The predicted octanol–water partition coefficient (Wildman–Crippen LogP) is 0.819. The maximum atomic E-state index is 14.6. The highest BCUT2D eigenvalue weighted by molar-refractivity contribution is 5.99. The minimum atomic E-state index is -1.34. The van der Waals surface area contributed by atoms with Crippen LogP contribution in [-0.4, -0.2) is 126 Å². The summed E-state index contributed by atoms with van der Waals surface area (Å²) in [6, 6.07) is 7.65. The second-order valence-electron chi connectivity index (χ2n) is 12.7. The Labute approximate surface area is 269 Å². The fraction of sp³-hybridized carbons (Fsp3) is 0.588. The van der Waals surface area contributed by atoms with Crippen LogP contribution in [0.15, 0.2) is 54.6 Å². The number of aliphatic hydroxyl groups is 1. The maximum absolute atomic E-state index is 14.6. The third-order valence-electron chi connectivity index (χ3n) is 9.78. The van der Waals surface area contributed by atoms with E-state index in [1.165, 1.54) is 4.90 Å². The number of rotatable bonds is 7. The maximum Gasteiger partial charge on any atom is 0.313 e. The molecule has 5 aliphatic heterocycles. The third kappa shape index (κ3) is 6.23. The van der Waals surface area contributed by atoms with Crippen LogP contribution in [0.25, 0.3) is 0 Å². The second kappa shape index (κ2) is 14.0. The minimum Gasteiger partial charge on any atom is -0.455 e. The number of allylic oxidation sites excluding steroid dienone is 1. The van der Waals surface area contributed by atoms with Crippen molar-refractivity contribution in [2.75, 3.05) is 59.1 Å². The van der Waals surface area contributed by atoms with Gasteiger partial charge in [0.2, 0.25) is 17.7 Å².